The molecule has 3 nitrogen and oxygen atoms in total. The monoisotopic (exact) mass is 270 g/mol. The topological polar surface area (TPSA) is 35.5 Å². The Morgan fingerprint density at radius 1 is 1.30 bits per heavy atom. The Morgan fingerprint density at radius 2 is 2.05 bits per heavy atom. The van der Waals surface area contributed by atoms with Gasteiger partial charge in [0, 0.05) is 24.9 Å². The van der Waals surface area contributed by atoms with E-state index in [9.17, 15) is 4.79 Å². The number of benzene rings is 1. The molecule has 1 aromatic rings. The van der Waals surface area contributed by atoms with Gasteiger partial charge >= 0.3 is 0 Å². The molecule has 0 N–H and O–H groups in total. The molecule has 5 rings (SSSR count). The van der Waals surface area contributed by atoms with Crippen LogP contribution in [-0.4, -0.2) is 25.3 Å². The van der Waals surface area contributed by atoms with Crippen molar-refractivity contribution < 1.29 is 14.3 Å². The molecule has 4 aliphatic rings. The first kappa shape index (κ1) is 12.3. The minimum atomic E-state index is -1.04. The molecule has 2 fully saturated rings. The zero-order valence-electron chi connectivity index (χ0n) is 11.7. The minimum Gasteiger partial charge on any atom is -0.346 e. The molecule has 1 aliphatic heterocycles. The van der Waals surface area contributed by atoms with Crippen molar-refractivity contribution in [3.05, 3.63) is 48.0 Å². The summed E-state index contributed by atoms with van der Waals surface area (Å²) in [6.07, 6.45) is 4.20. The quantitative estimate of drug-likeness (QED) is 0.775. The third-order valence-corrected chi connectivity index (χ3v) is 5.38. The maximum absolute atomic E-state index is 13.0. The molecule has 3 aliphatic carbocycles. The van der Waals surface area contributed by atoms with E-state index >= 15 is 0 Å². The fourth-order valence-corrected chi connectivity index (χ4v) is 4.48. The molecule has 0 aromatic heterocycles. The molecule has 20 heavy (non-hydrogen) atoms. The Bertz CT molecular complexity index is 594. The summed E-state index contributed by atoms with van der Waals surface area (Å²) in [5.41, 5.74) is 0.686. The van der Waals surface area contributed by atoms with Crippen molar-refractivity contribution in [3.63, 3.8) is 0 Å². The van der Waals surface area contributed by atoms with Crippen LogP contribution in [0.5, 0.6) is 0 Å². The predicted octanol–water partition coefficient (Wildman–Crippen LogP) is 2.53. The van der Waals surface area contributed by atoms with Crippen LogP contribution in [0.3, 0.4) is 0 Å². The molecule has 1 heterocycles. The van der Waals surface area contributed by atoms with E-state index < -0.39 is 11.2 Å². The number of carbonyl (C=O) groups is 1. The Kier molecular flexibility index (Phi) is 2.34. The SMILES string of the molecule is CO[C@@]12OC[C@H]3[C@H]1C=C[C@@](C)(C2=O)[C@H]3c1ccccc1. The van der Waals surface area contributed by atoms with Crippen LogP contribution in [0.15, 0.2) is 42.5 Å². The molecule has 0 radical (unpaired) electrons. The normalized spacial score (nSPS) is 45.1. The molecule has 1 aromatic carbocycles. The third kappa shape index (κ3) is 1.21. The lowest BCUT2D eigenvalue weighted by Crippen LogP contribution is -2.61. The Hall–Kier alpha value is -1.45. The Balaban J connectivity index is 1.90. The van der Waals surface area contributed by atoms with Crippen LogP contribution < -0.4 is 0 Å². The van der Waals surface area contributed by atoms with Gasteiger partial charge in [-0.2, -0.15) is 0 Å². The molecule has 3 heteroatoms. The van der Waals surface area contributed by atoms with E-state index in [-0.39, 0.29) is 17.6 Å². The number of rotatable bonds is 2. The molecule has 1 saturated heterocycles. The molecule has 0 unspecified atom stereocenters. The average Bonchev–Trinajstić information content (AvgIpc) is 2.83. The first-order chi connectivity index (χ1) is 9.63. The average molecular weight is 270 g/mol. The van der Waals surface area contributed by atoms with Gasteiger partial charge in [-0.15, -0.1) is 0 Å². The van der Waals surface area contributed by atoms with Gasteiger partial charge in [-0.1, -0.05) is 42.5 Å². The van der Waals surface area contributed by atoms with Crippen LogP contribution in [0.25, 0.3) is 0 Å². The number of carbonyl (C=O) groups excluding carboxylic acids is 1. The van der Waals surface area contributed by atoms with Gasteiger partial charge in [0.15, 0.2) is 0 Å². The highest BCUT2D eigenvalue weighted by Crippen LogP contribution is 2.62. The summed E-state index contributed by atoms with van der Waals surface area (Å²) in [4.78, 5) is 13.0. The maximum Gasteiger partial charge on any atom is 0.236 e. The van der Waals surface area contributed by atoms with Gasteiger partial charge < -0.3 is 9.47 Å². The molecular weight excluding hydrogens is 252 g/mol. The van der Waals surface area contributed by atoms with Crippen molar-refractivity contribution in [3.8, 4) is 0 Å². The first-order valence-corrected chi connectivity index (χ1v) is 7.12. The smallest absolute Gasteiger partial charge is 0.236 e. The van der Waals surface area contributed by atoms with Crippen LogP contribution in [0.4, 0.5) is 0 Å². The van der Waals surface area contributed by atoms with E-state index in [4.69, 9.17) is 9.47 Å². The maximum atomic E-state index is 13.0. The van der Waals surface area contributed by atoms with E-state index in [1.165, 1.54) is 5.56 Å². The summed E-state index contributed by atoms with van der Waals surface area (Å²) in [6.45, 7) is 2.61. The fourth-order valence-electron chi connectivity index (χ4n) is 4.48. The van der Waals surface area contributed by atoms with E-state index in [0.29, 0.717) is 12.5 Å². The van der Waals surface area contributed by atoms with Crippen LogP contribution in [0.1, 0.15) is 18.4 Å². The lowest BCUT2D eigenvalue weighted by atomic mass is 9.51. The lowest BCUT2D eigenvalue weighted by molar-refractivity contribution is -0.220. The molecule has 5 atom stereocenters. The van der Waals surface area contributed by atoms with Gasteiger partial charge in [-0.25, -0.2) is 0 Å². The Labute approximate surface area is 118 Å². The highest BCUT2D eigenvalue weighted by atomic mass is 16.7. The highest BCUT2D eigenvalue weighted by Gasteiger charge is 2.70. The summed E-state index contributed by atoms with van der Waals surface area (Å²) >= 11 is 0. The number of Topliss-reactive ketones (excluding diaryl/α,β-unsaturated/α-hetero) is 1. The largest absolute Gasteiger partial charge is 0.346 e. The summed E-state index contributed by atoms with van der Waals surface area (Å²) in [6, 6.07) is 10.3. The zero-order chi connectivity index (χ0) is 14.0. The van der Waals surface area contributed by atoms with Crippen molar-refractivity contribution in [1.29, 1.82) is 0 Å². The van der Waals surface area contributed by atoms with Crippen molar-refractivity contribution in [2.24, 2.45) is 17.3 Å². The third-order valence-electron chi connectivity index (χ3n) is 5.38. The van der Waals surface area contributed by atoms with Gasteiger partial charge in [0.05, 0.1) is 12.0 Å². The van der Waals surface area contributed by atoms with Gasteiger partial charge in [0.2, 0.25) is 11.6 Å². The minimum absolute atomic E-state index is 0.0343. The second-order valence-electron chi connectivity index (χ2n) is 6.23. The van der Waals surface area contributed by atoms with E-state index in [1.807, 2.05) is 25.1 Å². The molecule has 0 amide bonds. The van der Waals surface area contributed by atoms with Crippen LogP contribution in [-0.2, 0) is 14.3 Å². The van der Waals surface area contributed by atoms with Crippen molar-refractivity contribution in [1.82, 2.24) is 0 Å². The van der Waals surface area contributed by atoms with E-state index in [2.05, 4.69) is 24.3 Å². The predicted molar refractivity (Wildman–Crippen MR) is 74.1 cm³/mol. The molecular formula is C17H18O3. The van der Waals surface area contributed by atoms with Crippen LogP contribution >= 0.6 is 0 Å². The number of hydrogen-bond donors (Lipinski definition) is 0. The van der Waals surface area contributed by atoms with Crippen molar-refractivity contribution in [2.75, 3.05) is 13.7 Å². The van der Waals surface area contributed by atoms with Crippen LogP contribution in [0, 0.1) is 17.3 Å². The number of hydrogen-bond acceptors (Lipinski definition) is 3. The summed E-state index contributed by atoms with van der Waals surface area (Å²) in [7, 11) is 1.58. The number of ketones is 1. The molecule has 104 valence electrons. The first-order valence-electron chi connectivity index (χ1n) is 7.12. The summed E-state index contributed by atoms with van der Waals surface area (Å²) < 4.78 is 11.4. The molecule has 0 spiro atoms. The number of allylic oxidation sites excluding steroid dienone is 1. The molecule has 4 bridgehead atoms. The van der Waals surface area contributed by atoms with E-state index in [1.54, 1.807) is 7.11 Å². The van der Waals surface area contributed by atoms with E-state index in [0.717, 1.165) is 0 Å². The van der Waals surface area contributed by atoms with Crippen molar-refractivity contribution >= 4 is 5.78 Å². The van der Waals surface area contributed by atoms with Crippen molar-refractivity contribution in [2.45, 2.75) is 18.6 Å². The molecule has 1 saturated carbocycles. The second-order valence-corrected chi connectivity index (χ2v) is 6.23. The standard InChI is InChI=1S/C17H18O3/c1-16-9-8-13-12(10-20-17(13,19-2)15(16)18)14(16)11-6-4-3-5-7-11/h3-9,12-14H,10H2,1-2H3/t12-,13+,14-,16+,17+/m0/s1. The summed E-state index contributed by atoms with van der Waals surface area (Å²) in [5, 5.41) is 0. The lowest BCUT2D eigenvalue weighted by Gasteiger charge is -2.52. The highest BCUT2D eigenvalue weighted by molar-refractivity contribution is 5.97. The second kappa shape index (κ2) is 3.80. The van der Waals surface area contributed by atoms with Crippen LogP contribution in [0.2, 0.25) is 0 Å². The van der Waals surface area contributed by atoms with Gasteiger partial charge in [-0.3, -0.25) is 4.79 Å². The summed E-state index contributed by atoms with van der Waals surface area (Å²) in [5.74, 6) is -0.448. The zero-order valence-corrected chi connectivity index (χ0v) is 11.7. The number of ether oxygens (including phenoxy) is 2. The Morgan fingerprint density at radius 3 is 2.75 bits per heavy atom. The van der Waals surface area contributed by atoms with Gasteiger partial charge in [0.25, 0.3) is 0 Å². The van der Waals surface area contributed by atoms with Gasteiger partial charge in [0.1, 0.15) is 0 Å². The van der Waals surface area contributed by atoms with Gasteiger partial charge in [-0.05, 0) is 12.5 Å². The fraction of sp³-hybridized carbons (Fsp3) is 0.471. The number of methoxy groups -OCH3 is 1.